The van der Waals surface area contributed by atoms with Crippen molar-refractivity contribution in [2.45, 2.75) is 6.92 Å². The van der Waals surface area contributed by atoms with Crippen LogP contribution in [0.15, 0.2) is 40.9 Å². The SMILES string of the molecule is Cc1cc(NN)ccc1C(=O)Nc1ccc(Br)cc1C#N. The summed E-state index contributed by atoms with van der Waals surface area (Å²) in [6.07, 6.45) is 0. The Morgan fingerprint density at radius 3 is 2.67 bits per heavy atom. The molecule has 0 aromatic heterocycles. The molecule has 0 aliphatic heterocycles. The molecule has 0 radical (unpaired) electrons. The van der Waals surface area contributed by atoms with E-state index in [0.29, 0.717) is 16.8 Å². The van der Waals surface area contributed by atoms with Gasteiger partial charge >= 0.3 is 0 Å². The number of nitriles is 1. The second-order valence-corrected chi connectivity index (χ2v) is 5.35. The van der Waals surface area contributed by atoms with E-state index in [1.54, 1.807) is 36.4 Å². The minimum Gasteiger partial charge on any atom is -0.324 e. The van der Waals surface area contributed by atoms with Crippen LogP contribution in [0.25, 0.3) is 0 Å². The fourth-order valence-electron chi connectivity index (χ4n) is 1.92. The Balaban J connectivity index is 2.29. The first-order valence-corrected chi connectivity index (χ1v) is 6.92. The molecule has 2 aromatic rings. The number of aryl methyl sites for hydroxylation is 1. The molecule has 0 aliphatic rings. The third-order valence-electron chi connectivity index (χ3n) is 2.99. The molecule has 0 aliphatic carbocycles. The first-order valence-electron chi connectivity index (χ1n) is 6.13. The molecule has 2 rings (SSSR count). The van der Waals surface area contributed by atoms with Crippen molar-refractivity contribution in [1.82, 2.24) is 0 Å². The van der Waals surface area contributed by atoms with Gasteiger partial charge in [0.25, 0.3) is 5.91 Å². The molecule has 0 saturated heterocycles. The molecule has 106 valence electrons. The van der Waals surface area contributed by atoms with Gasteiger partial charge in [-0.1, -0.05) is 15.9 Å². The lowest BCUT2D eigenvalue weighted by Crippen LogP contribution is -2.15. The number of hydrazine groups is 1. The highest BCUT2D eigenvalue weighted by atomic mass is 79.9. The lowest BCUT2D eigenvalue weighted by atomic mass is 10.1. The number of benzene rings is 2. The fourth-order valence-corrected chi connectivity index (χ4v) is 2.28. The smallest absolute Gasteiger partial charge is 0.255 e. The summed E-state index contributed by atoms with van der Waals surface area (Å²) in [5.41, 5.74) is 5.45. The fraction of sp³-hybridized carbons (Fsp3) is 0.0667. The number of hydrogen-bond donors (Lipinski definition) is 3. The minimum absolute atomic E-state index is 0.269. The van der Waals surface area contributed by atoms with Gasteiger partial charge in [0.15, 0.2) is 0 Å². The molecule has 1 amide bonds. The summed E-state index contributed by atoms with van der Waals surface area (Å²) in [6.45, 7) is 1.82. The van der Waals surface area contributed by atoms with E-state index in [1.165, 1.54) is 0 Å². The third kappa shape index (κ3) is 3.40. The molecule has 0 unspecified atom stereocenters. The number of nitrogens with zero attached hydrogens (tertiary/aromatic N) is 1. The number of nitrogens with one attached hydrogen (secondary N) is 2. The predicted molar refractivity (Wildman–Crippen MR) is 85.8 cm³/mol. The Bertz CT molecular complexity index is 737. The van der Waals surface area contributed by atoms with E-state index in [4.69, 9.17) is 11.1 Å². The second-order valence-electron chi connectivity index (χ2n) is 4.43. The van der Waals surface area contributed by atoms with Gasteiger partial charge in [-0.2, -0.15) is 5.26 Å². The van der Waals surface area contributed by atoms with Crippen molar-refractivity contribution in [3.8, 4) is 6.07 Å². The van der Waals surface area contributed by atoms with E-state index < -0.39 is 0 Å². The van der Waals surface area contributed by atoms with Crippen LogP contribution < -0.4 is 16.6 Å². The molecule has 21 heavy (non-hydrogen) atoms. The Labute approximate surface area is 130 Å². The quantitative estimate of drug-likeness (QED) is 0.589. The number of nitrogen functional groups attached to an aromatic ring is 1. The van der Waals surface area contributed by atoms with Gasteiger partial charge < -0.3 is 10.7 Å². The first-order chi connectivity index (χ1) is 10.0. The molecule has 4 N–H and O–H groups in total. The Hall–Kier alpha value is -2.36. The number of anilines is 2. The van der Waals surface area contributed by atoms with Crippen LogP contribution in [0.5, 0.6) is 0 Å². The molecule has 0 saturated carbocycles. The number of hydrogen-bond acceptors (Lipinski definition) is 4. The zero-order valence-corrected chi connectivity index (χ0v) is 12.9. The minimum atomic E-state index is -0.269. The normalized spacial score (nSPS) is 9.81. The summed E-state index contributed by atoms with van der Waals surface area (Å²) in [5, 5.41) is 11.9. The number of carbonyl (C=O) groups is 1. The van der Waals surface area contributed by atoms with E-state index in [1.807, 2.05) is 6.92 Å². The molecule has 0 bridgehead atoms. The van der Waals surface area contributed by atoms with Crippen molar-refractivity contribution in [2.24, 2.45) is 5.84 Å². The van der Waals surface area contributed by atoms with Crippen molar-refractivity contribution < 1.29 is 4.79 Å². The van der Waals surface area contributed by atoms with Crippen LogP contribution in [0.4, 0.5) is 11.4 Å². The van der Waals surface area contributed by atoms with Gasteiger partial charge in [-0.05, 0) is 48.9 Å². The molecule has 0 spiro atoms. The summed E-state index contributed by atoms with van der Waals surface area (Å²) in [7, 11) is 0. The van der Waals surface area contributed by atoms with Gasteiger partial charge in [0.2, 0.25) is 0 Å². The van der Waals surface area contributed by atoms with Crippen molar-refractivity contribution in [2.75, 3.05) is 10.7 Å². The van der Waals surface area contributed by atoms with Crippen LogP contribution in [0.1, 0.15) is 21.5 Å². The highest BCUT2D eigenvalue weighted by Gasteiger charge is 2.12. The summed E-state index contributed by atoms with van der Waals surface area (Å²) in [5.74, 6) is 5.06. The zero-order valence-electron chi connectivity index (χ0n) is 11.3. The maximum absolute atomic E-state index is 12.3. The molecule has 5 nitrogen and oxygen atoms in total. The summed E-state index contributed by atoms with van der Waals surface area (Å²) >= 11 is 3.29. The molecule has 0 atom stereocenters. The van der Waals surface area contributed by atoms with Crippen LogP contribution in [0.2, 0.25) is 0 Å². The number of carbonyl (C=O) groups excluding carboxylic acids is 1. The van der Waals surface area contributed by atoms with Crippen molar-refractivity contribution in [1.29, 1.82) is 5.26 Å². The maximum atomic E-state index is 12.3. The van der Waals surface area contributed by atoms with Gasteiger partial charge in [0.1, 0.15) is 6.07 Å². The van der Waals surface area contributed by atoms with Crippen molar-refractivity contribution in [3.05, 3.63) is 57.6 Å². The van der Waals surface area contributed by atoms with E-state index in [0.717, 1.165) is 15.7 Å². The Morgan fingerprint density at radius 2 is 2.05 bits per heavy atom. The number of halogens is 1. The number of rotatable bonds is 3. The summed E-state index contributed by atoms with van der Waals surface area (Å²) < 4.78 is 0.784. The van der Waals surface area contributed by atoms with E-state index in [9.17, 15) is 4.79 Å². The number of nitrogens with two attached hydrogens (primary N) is 1. The highest BCUT2D eigenvalue weighted by molar-refractivity contribution is 9.10. The molecule has 0 fully saturated rings. The standard InChI is InChI=1S/C15H13BrN4O/c1-9-6-12(20-18)3-4-13(9)15(21)19-14-5-2-11(16)7-10(14)8-17/h2-7,20H,18H2,1H3,(H,19,21). The topological polar surface area (TPSA) is 90.9 Å². The Kier molecular flexibility index (Phi) is 4.58. The van der Waals surface area contributed by atoms with E-state index >= 15 is 0 Å². The monoisotopic (exact) mass is 344 g/mol. The highest BCUT2D eigenvalue weighted by Crippen LogP contribution is 2.22. The first kappa shape index (κ1) is 15.0. The van der Waals surface area contributed by atoms with Gasteiger partial charge in [-0.3, -0.25) is 10.6 Å². The predicted octanol–water partition coefficient (Wildman–Crippen LogP) is 3.17. The largest absolute Gasteiger partial charge is 0.324 e. The van der Waals surface area contributed by atoms with Gasteiger partial charge in [0.05, 0.1) is 11.3 Å². The van der Waals surface area contributed by atoms with Crippen molar-refractivity contribution >= 4 is 33.2 Å². The molecular formula is C15H13BrN4O. The van der Waals surface area contributed by atoms with Crippen LogP contribution >= 0.6 is 15.9 Å². The van der Waals surface area contributed by atoms with E-state index in [-0.39, 0.29) is 5.91 Å². The third-order valence-corrected chi connectivity index (χ3v) is 3.48. The van der Waals surface area contributed by atoms with Crippen LogP contribution in [-0.2, 0) is 0 Å². The average molecular weight is 345 g/mol. The van der Waals surface area contributed by atoms with Crippen LogP contribution in [0.3, 0.4) is 0 Å². The molecule has 2 aromatic carbocycles. The van der Waals surface area contributed by atoms with Crippen LogP contribution in [0, 0.1) is 18.3 Å². The molecule has 0 heterocycles. The van der Waals surface area contributed by atoms with E-state index in [2.05, 4.69) is 32.7 Å². The number of amides is 1. The van der Waals surface area contributed by atoms with Crippen molar-refractivity contribution in [3.63, 3.8) is 0 Å². The lowest BCUT2D eigenvalue weighted by Gasteiger charge is -2.10. The Morgan fingerprint density at radius 1 is 1.29 bits per heavy atom. The van der Waals surface area contributed by atoms with Gasteiger partial charge in [-0.25, -0.2) is 0 Å². The van der Waals surface area contributed by atoms with Gasteiger partial charge in [-0.15, -0.1) is 0 Å². The second kappa shape index (κ2) is 6.39. The van der Waals surface area contributed by atoms with Gasteiger partial charge in [0, 0.05) is 15.7 Å². The average Bonchev–Trinajstić information content (AvgIpc) is 2.48. The summed E-state index contributed by atoms with van der Waals surface area (Å²) in [6, 6.07) is 12.3. The zero-order chi connectivity index (χ0) is 15.4. The molecular weight excluding hydrogens is 332 g/mol. The maximum Gasteiger partial charge on any atom is 0.255 e. The lowest BCUT2D eigenvalue weighted by molar-refractivity contribution is 0.102. The van der Waals surface area contributed by atoms with Crippen LogP contribution in [-0.4, -0.2) is 5.91 Å². The molecule has 6 heteroatoms. The summed E-state index contributed by atoms with van der Waals surface area (Å²) in [4.78, 5) is 12.3.